The summed E-state index contributed by atoms with van der Waals surface area (Å²) in [5.74, 6) is 0.0539. The van der Waals surface area contributed by atoms with Gasteiger partial charge in [-0.25, -0.2) is 9.37 Å². The molecule has 0 fully saturated rings. The summed E-state index contributed by atoms with van der Waals surface area (Å²) in [7, 11) is 0. The summed E-state index contributed by atoms with van der Waals surface area (Å²) in [6, 6.07) is 6.36. The molecule has 18 heavy (non-hydrogen) atoms. The summed E-state index contributed by atoms with van der Waals surface area (Å²) in [4.78, 5) is 12.3. The summed E-state index contributed by atoms with van der Waals surface area (Å²) >= 11 is 0. The minimum absolute atomic E-state index is 0.300. The normalized spacial score (nSPS) is 10.7. The maximum absolute atomic E-state index is 13.0. The first-order valence-electron chi connectivity index (χ1n) is 5.35. The molecule has 3 aromatic rings. The Bertz CT molecular complexity index is 727. The van der Waals surface area contributed by atoms with E-state index >= 15 is 0 Å². The molecule has 0 aliphatic rings. The van der Waals surface area contributed by atoms with Crippen molar-refractivity contribution < 1.29 is 4.39 Å². The number of pyridine rings is 1. The molecule has 1 aromatic carbocycles. The fourth-order valence-electron chi connectivity index (χ4n) is 1.75. The molecule has 5 heteroatoms. The van der Waals surface area contributed by atoms with Gasteiger partial charge in [0.05, 0.1) is 23.6 Å². The van der Waals surface area contributed by atoms with Crippen molar-refractivity contribution in [3.05, 3.63) is 48.7 Å². The van der Waals surface area contributed by atoms with Crippen molar-refractivity contribution in [3.63, 3.8) is 0 Å². The van der Waals surface area contributed by atoms with E-state index in [2.05, 4.69) is 15.0 Å². The second kappa shape index (κ2) is 4.03. The van der Waals surface area contributed by atoms with Crippen LogP contribution in [-0.4, -0.2) is 15.0 Å². The van der Waals surface area contributed by atoms with Crippen LogP contribution >= 0.6 is 0 Å². The predicted molar refractivity (Wildman–Crippen MR) is 67.1 cm³/mol. The Morgan fingerprint density at radius 3 is 2.78 bits per heavy atom. The van der Waals surface area contributed by atoms with Gasteiger partial charge in [0.2, 0.25) is 0 Å². The molecular formula is C13H9FN4. The molecule has 88 valence electrons. The second-order valence-corrected chi connectivity index (χ2v) is 3.89. The van der Waals surface area contributed by atoms with Gasteiger partial charge in [-0.3, -0.25) is 9.97 Å². The zero-order valence-corrected chi connectivity index (χ0v) is 9.34. The third-order valence-corrected chi connectivity index (χ3v) is 2.60. The number of anilines is 1. The van der Waals surface area contributed by atoms with Gasteiger partial charge in [0.1, 0.15) is 11.6 Å². The quantitative estimate of drug-likeness (QED) is 0.709. The monoisotopic (exact) mass is 240 g/mol. The van der Waals surface area contributed by atoms with Crippen LogP contribution in [0, 0.1) is 5.82 Å². The highest BCUT2D eigenvalue weighted by Crippen LogP contribution is 2.21. The lowest BCUT2D eigenvalue weighted by Gasteiger charge is -2.03. The predicted octanol–water partition coefficient (Wildman–Crippen LogP) is 2.41. The summed E-state index contributed by atoms with van der Waals surface area (Å²) in [6.07, 6.45) is 4.72. The van der Waals surface area contributed by atoms with Crippen molar-refractivity contribution in [3.8, 4) is 11.3 Å². The average molecular weight is 240 g/mol. The molecule has 0 aliphatic carbocycles. The lowest BCUT2D eigenvalue weighted by Crippen LogP contribution is -1.94. The lowest BCUT2D eigenvalue weighted by atomic mass is 10.1. The van der Waals surface area contributed by atoms with Gasteiger partial charge >= 0.3 is 0 Å². The van der Waals surface area contributed by atoms with E-state index in [4.69, 9.17) is 5.73 Å². The number of rotatable bonds is 1. The topological polar surface area (TPSA) is 64.7 Å². The SMILES string of the molecule is Nc1cncc(-c2cnc3cc(F)ccc3c2)n1. The van der Waals surface area contributed by atoms with Crippen molar-refractivity contribution in [1.82, 2.24) is 15.0 Å². The molecule has 0 saturated heterocycles. The van der Waals surface area contributed by atoms with Gasteiger partial charge in [-0.15, -0.1) is 0 Å². The Hall–Kier alpha value is -2.56. The van der Waals surface area contributed by atoms with Crippen LogP contribution in [0.1, 0.15) is 0 Å². The maximum atomic E-state index is 13.0. The number of nitrogens with two attached hydrogens (primary N) is 1. The number of benzene rings is 1. The third kappa shape index (κ3) is 1.86. The molecule has 2 aromatic heterocycles. The average Bonchev–Trinajstić information content (AvgIpc) is 2.38. The van der Waals surface area contributed by atoms with Crippen molar-refractivity contribution in [2.24, 2.45) is 0 Å². The van der Waals surface area contributed by atoms with E-state index in [0.29, 0.717) is 17.0 Å². The van der Waals surface area contributed by atoms with Crippen LogP contribution in [0.25, 0.3) is 22.2 Å². The van der Waals surface area contributed by atoms with Gasteiger partial charge < -0.3 is 5.73 Å². The van der Waals surface area contributed by atoms with E-state index in [-0.39, 0.29) is 5.82 Å². The third-order valence-electron chi connectivity index (χ3n) is 2.60. The van der Waals surface area contributed by atoms with E-state index in [1.165, 1.54) is 18.3 Å². The van der Waals surface area contributed by atoms with E-state index in [1.807, 2.05) is 6.07 Å². The Morgan fingerprint density at radius 2 is 1.94 bits per heavy atom. The molecule has 4 nitrogen and oxygen atoms in total. The highest BCUT2D eigenvalue weighted by atomic mass is 19.1. The molecule has 0 bridgehead atoms. The Morgan fingerprint density at radius 1 is 1.06 bits per heavy atom. The van der Waals surface area contributed by atoms with E-state index in [1.54, 1.807) is 18.5 Å². The van der Waals surface area contributed by atoms with E-state index in [9.17, 15) is 4.39 Å². The summed E-state index contributed by atoms with van der Waals surface area (Å²) in [5.41, 5.74) is 7.64. The number of halogens is 1. The lowest BCUT2D eigenvalue weighted by molar-refractivity contribution is 0.629. The minimum atomic E-state index is -0.300. The van der Waals surface area contributed by atoms with Crippen LogP contribution < -0.4 is 5.73 Å². The summed E-state index contributed by atoms with van der Waals surface area (Å²) in [5, 5.41) is 0.845. The standard InChI is InChI=1S/C13H9FN4/c14-10-2-1-8-3-9(5-17-11(8)4-10)12-6-16-7-13(15)18-12/h1-7H,(H2,15,18). The molecule has 0 spiro atoms. The number of nitrogens with zero attached hydrogens (tertiary/aromatic N) is 3. The van der Waals surface area contributed by atoms with Crippen LogP contribution in [0.15, 0.2) is 42.9 Å². The van der Waals surface area contributed by atoms with Crippen LogP contribution in [0.4, 0.5) is 10.2 Å². The molecular weight excluding hydrogens is 231 g/mol. The van der Waals surface area contributed by atoms with Gasteiger partial charge in [-0.2, -0.15) is 0 Å². The molecule has 2 heterocycles. The number of hydrogen-bond donors (Lipinski definition) is 1. The van der Waals surface area contributed by atoms with Crippen LogP contribution in [0.2, 0.25) is 0 Å². The zero-order valence-electron chi connectivity index (χ0n) is 9.34. The van der Waals surface area contributed by atoms with E-state index < -0.39 is 0 Å². The van der Waals surface area contributed by atoms with Crippen LogP contribution in [0.3, 0.4) is 0 Å². The fraction of sp³-hybridized carbons (Fsp3) is 0. The van der Waals surface area contributed by atoms with Gasteiger partial charge in [0.15, 0.2) is 0 Å². The van der Waals surface area contributed by atoms with Crippen molar-refractivity contribution in [2.45, 2.75) is 0 Å². The van der Waals surface area contributed by atoms with Gasteiger partial charge in [-0.05, 0) is 18.2 Å². The molecule has 0 saturated carbocycles. The fourth-order valence-corrected chi connectivity index (χ4v) is 1.75. The minimum Gasteiger partial charge on any atom is -0.382 e. The Balaban J connectivity index is 2.16. The van der Waals surface area contributed by atoms with Crippen molar-refractivity contribution >= 4 is 16.7 Å². The smallest absolute Gasteiger partial charge is 0.142 e. The highest BCUT2D eigenvalue weighted by molar-refractivity contribution is 5.82. The molecule has 0 atom stereocenters. The first-order valence-corrected chi connectivity index (χ1v) is 5.35. The van der Waals surface area contributed by atoms with Gasteiger partial charge in [0, 0.05) is 23.2 Å². The first-order chi connectivity index (χ1) is 8.72. The Kier molecular flexibility index (Phi) is 2.37. The molecule has 0 unspecified atom stereocenters. The molecule has 0 aliphatic heterocycles. The summed E-state index contributed by atoms with van der Waals surface area (Å²) in [6.45, 7) is 0. The second-order valence-electron chi connectivity index (χ2n) is 3.89. The Labute approximate surface area is 102 Å². The van der Waals surface area contributed by atoms with Crippen molar-refractivity contribution in [2.75, 3.05) is 5.73 Å². The number of nitrogen functional groups attached to an aromatic ring is 1. The maximum Gasteiger partial charge on any atom is 0.142 e. The first kappa shape index (κ1) is 10.6. The largest absolute Gasteiger partial charge is 0.382 e. The van der Waals surface area contributed by atoms with E-state index in [0.717, 1.165) is 10.9 Å². The number of fused-ring (bicyclic) bond motifs is 1. The van der Waals surface area contributed by atoms with Crippen LogP contribution in [0.5, 0.6) is 0 Å². The molecule has 2 N–H and O–H groups in total. The molecule has 0 radical (unpaired) electrons. The number of aromatic nitrogens is 3. The van der Waals surface area contributed by atoms with Gasteiger partial charge in [0.25, 0.3) is 0 Å². The van der Waals surface area contributed by atoms with Gasteiger partial charge in [-0.1, -0.05) is 0 Å². The van der Waals surface area contributed by atoms with Crippen LogP contribution in [-0.2, 0) is 0 Å². The summed E-state index contributed by atoms with van der Waals surface area (Å²) < 4.78 is 13.0. The molecule has 0 amide bonds. The van der Waals surface area contributed by atoms with Crippen molar-refractivity contribution in [1.29, 1.82) is 0 Å². The molecule has 3 rings (SSSR count). The zero-order chi connectivity index (χ0) is 12.5. The number of hydrogen-bond acceptors (Lipinski definition) is 4. The highest BCUT2D eigenvalue weighted by Gasteiger charge is 2.04.